The monoisotopic (exact) mass is 324 g/mol. The predicted molar refractivity (Wildman–Crippen MR) is 89.3 cm³/mol. The quantitative estimate of drug-likeness (QED) is 0.921. The fraction of sp³-hybridized carbons (Fsp3) is 0.389. The maximum atomic E-state index is 13.1. The van der Waals surface area contributed by atoms with Gasteiger partial charge in [-0.15, -0.1) is 0 Å². The molecule has 6 nitrogen and oxygen atoms in total. The molecule has 1 aliphatic carbocycles. The predicted octanol–water partition coefficient (Wildman–Crippen LogP) is 2.18. The Bertz CT molecular complexity index is 794. The standard InChI is InChI=1S/C18H20N4O2/c1-21-10-14(9-19-21)18(24)22-11-13-5-2-3-8-15(13)20-17(23)16(22)12-6-4-7-12/h2-3,5,8-10,12,16H,4,6-7,11H2,1H3,(H,20,23). The summed E-state index contributed by atoms with van der Waals surface area (Å²) in [6.07, 6.45) is 6.37. The topological polar surface area (TPSA) is 67.2 Å². The van der Waals surface area contributed by atoms with Gasteiger partial charge in [0, 0.05) is 25.5 Å². The van der Waals surface area contributed by atoms with E-state index in [2.05, 4.69) is 10.4 Å². The van der Waals surface area contributed by atoms with Crippen LogP contribution in [0.2, 0.25) is 0 Å². The van der Waals surface area contributed by atoms with Gasteiger partial charge in [0.15, 0.2) is 0 Å². The number of para-hydroxylation sites is 1. The van der Waals surface area contributed by atoms with Gasteiger partial charge in [-0.05, 0) is 30.4 Å². The lowest BCUT2D eigenvalue weighted by Crippen LogP contribution is -2.51. The summed E-state index contributed by atoms with van der Waals surface area (Å²) in [6.45, 7) is 0.434. The van der Waals surface area contributed by atoms with Crippen molar-refractivity contribution in [2.24, 2.45) is 13.0 Å². The van der Waals surface area contributed by atoms with E-state index in [1.54, 1.807) is 29.0 Å². The molecule has 0 spiro atoms. The van der Waals surface area contributed by atoms with Crippen molar-refractivity contribution >= 4 is 17.5 Å². The molecule has 1 fully saturated rings. The van der Waals surface area contributed by atoms with Gasteiger partial charge in [-0.2, -0.15) is 5.10 Å². The van der Waals surface area contributed by atoms with Crippen molar-refractivity contribution in [2.45, 2.75) is 31.8 Å². The van der Waals surface area contributed by atoms with Gasteiger partial charge < -0.3 is 10.2 Å². The van der Waals surface area contributed by atoms with E-state index in [-0.39, 0.29) is 17.7 Å². The summed E-state index contributed by atoms with van der Waals surface area (Å²) < 4.78 is 1.61. The van der Waals surface area contributed by atoms with E-state index in [1.807, 2.05) is 24.3 Å². The zero-order valence-electron chi connectivity index (χ0n) is 13.6. The minimum absolute atomic E-state index is 0.0816. The molecular formula is C18H20N4O2. The first-order chi connectivity index (χ1) is 11.6. The molecule has 1 aromatic heterocycles. The van der Waals surface area contributed by atoms with E-state index >= 15 is 0 Å². The fourth-order valence-corrected chi connectivity index (χ4v) is 3.53. The molecule has 1 aliphatic heterocycles. The molecule has 1 aromatic carbocycles. The molecule has 2 heterocycles. The van der Waals surface area contributed by atoms with Crippen LogP contribution in [0, 0.1) is 5.92 Å². The van der Waals surface area contributed by atoms with Crippen molar-refractivity contribution in [1.29, 1.82) is 0 Å². The number of hydrogen-bond acceptors (Lipinski definition) is 3. The Labute approximate surface area is 140 Å². The Kier molecular flexibility index (Phi) is 3.59. The number of anilines is 1. The first-order valence-corrected chi connectivity index (χ1v) is 8.32. The average Bonchev–Trinajstić information content (AvgIpc) is 2.90. The second-order valence-electron chi connectivity index (χ2n) is 6.62. The summed E-state index contributed by atoms with van der Waals surface area (Å²) in [5, 5.41) is 7.10. The van der Waals surface area contributed by atoms with E-state index in [0.717, 1.165) is 30.5 Å². The normalized spacial score (nSPS) is 20.8. The third-order valence-corrected chi connectivity index (χ3v) is 5.03. The van der Waals surface area contributed by atoms with Gasteiger partial charge in [-0.25, -0.2) is 0 Å². The third-order valence-electron chi connectivity index (χ3n) is 5.03. The maximum Gasteiger partial charge on any atom is 0.258 e. The van der Waals surface area contributed by atoms with Crippen LogP contribution >= 0.6 is 0 Å². The molecule has 0 saturated heterocycles. The Morgan fingerprint density at radius 2 is 2.08 bits per heavy atom. The summed E-state index contributed by atoms with van der Waals surface area (Å²) in [5.41, 5.74) is 2.28. The van der Waals surface area contributed by atoms with Crippen LogP contribution < -0.4 is 5.32 Å². The van der Waals surface area contributed by atoms with Gasteiger partial charge in [0.25, 0.3) is 5.91 Å². The number of benzene rings is 1. The highest BCUT2D eigenvalue weighted by Gasteiger charge is 2.41. The molecule has 1 N–H and O–H groups in total. The number of rotatable bonds is 2. The first-order valence-electron chi connectivity index (χ1n) is 8.32. The minimum Gasteiger partial charge on any atom is -0.324 e. The molecule has 1 atom stereocenters. The molecule has 0 bridgehead atoms. The Morgan fingerprint density at radius 3 is 2.75 bits per heavy atom. The smallest absolute Gasteiger partial charge is 0.258 e. The van der Waals surface area contributed by atoms with E-state index in [1.165, 1.54) is 0 Å². The maximum absolute atomic E-state index is 13.1. The van der Waals surface area contributed by atoms with Crippen molar-refractivity contribution in [3.63, 3.8) is 0 Å². The van der Waals surface area contributed by atoms with E-state index in [0.29, 0.717) is 12.1 Å². The van der Waals surface area contributed by atoms with Gasteiger partial charge in [0.1, 0.15) is 6.04 Å². The van der Waals surface area contributed by atoms with Crippen LogP contribution in [-0.4, -0.2) is 32.5 Å². The van der Waals surface area contributed by atoms with E-state index in [4.69, 9.17) is 0 Å². The molecule has 6 heteroatoms. The van der Waals surface area contributed by atoms with Gasteiger partial charge in [-0.3, -0.25) is 14.3 Å². The van der Waals surface area contributed by atoms with Crippen LogP contribution in [0.1, 0.15) is 35.2 Å². The van der Waals surface area contributed by atoms with E-state index in [9.17, 15) is 9.59 Å². The Balaban J connectivity index is 1.74. The van der Waals surface area contributed by atoms with Crippen molar-refractivity contribution in [2.75, 3.05) is 5.32 Å². The second kappa shape index (κ2) is 5.78. The summed E-state index contributed by atoms with van der Waals surface area (Å²) in [4.78, 5) is 27.6. The Hall–Kier alpha value is -2.63. The minimum atomic E-state index is -0.418. The van der Waals surface area contributed by atoms with Gasteiger partial charge in [0.2, 0.25) is 5.91 Å². The Morgan fingerprint density at radius 1 is 1.29 bits per heavy atom. The molecule has 2 amide bonds. The lowest BCUT2D eigenvalue weighted by Gasteiger charge is -2.38. The molecule has 24 heavy (non-hydrogen) atoms. The molecule has 2 aliphatic rings. The second-order valence-corrected chi connectivity index (χ2v) is 6.62. The number of aromatic nitrogens is 2. The summed E-state index contributed by atoms with van der Waals surface area (Å²) in [7, 11) is 1.78. The SMILES string of the molecule is Cn1cc(C(=O)N2Cc3ccccc3NC(=O)C2C2CCC2)cn1. The van der Waals surface area contributed by atoms with Crippen molar-refractivity contribution < 1.29 is 9.59 Å². The number of fused-ring (bicyclic) bond motifs is 1. The lowest BCUT2D eigenvalue weighted by molar-refractivity contribution is -0.123. The van der Waals surface area contributed by atoms with Crippen LogP contribution in [0.25, 0.3) is 0 Å². The fourth-order valence-electron chi connectivity index (χ4n) is 3.53. The number of hydrogen-bond donors (Lipinski definition) is 1. The molecule has 1 unspecified atom stereocenters. The van der Waals surface area contributed by atoms with Crippen molar-refractivity contribution in [3.8, 4) is 0 Å². The number of aryl methyl sites for hydroxylation is 1. The highest BCUT2D eigenvalue weighted by atomic mass is 16.2. The largest absolute Gasteiger partial charge is 0.324 e. The van der Waals surface area contributed by atoms with Crippen molar-refractivity contribution in [1.82, 2.24) is 14.7 Å². The number of nitrogens with zero attached hydrogens (tertiary/aromatic N) is 3. The lowest BCUT2D eigenvalue weighted by atomic mass is 9.78. The first kappa shape index (κ1) is 14.9. The molecule has 1 saturated carbocycles. The number of carbonyl (C=O) groups excluding carboxylic acids is 2. The van der Waals surface area contributed by atoms with Gasteiger partial charge in [0.05, 0.1) is 11.8 Å². The van der Waals surface area contributed by atoms with Crippen LogP contribution in [0.4, 0.5) is 5.69 Å². The zero-order chi connectivity index (χ0) is 16.7. The molecule has 2 aromatic rings. The van der Waals surface area contributed by atoms with Crippen LogP contribution in [0.3, 0.4) is 0 Å². The summed E-state index contributed by atoms with van der Waals surface area (Å²) in [6, 6.07) is 7.27. The molecule has 0 radical (unpaired) electrons. The molecule has 124 valence electrons. The average molecular weight is 324 g/mol. The third kappa shape index (κ3) is 2.48. The van der Waals surface area contributed by atoms with Gasteiger partial charge in [-0.1, -0.05) is 24.6 Å². The highest BCUT2D eigenvalue weighted by Crippen LogP contribution is 2.36. The van der Waals surface area contributed by atoms with Crippen molar-refractivity contribution in [3.05, 3.63) is 47.8 Å². The van der Waals surface area contributed by atoms with Crippen LogP contribution in [0.15, 0.2) is 36.7 Å². The molecule has 4 rings (SSSR count). The summed E-state index contributed by atoms with van der Waals surface area (Å²) >= 11 is 0. The highest BCUT2D eigenvalue weighted by molar-refractivity contribution is 6.02. The number of amides is 2. The summed E-state index contributed by atoms with van der Waals surface area (Å²) in [5.74, 6) is 0.0219. The number of nitrogens with one attached hydrogen (secondary N) is 1. The van der Waals surface area contributed by atoms with Crippen LogP contribution in [0.5, 0.6) is 0 Å². The van der Waals surface area contributed by atoms with Gasteiger partial charge >= 0.3 is 0 Å². The van der Waals surface area contributed by atoms with Crippen LogP contribution in [-0.2, 0) is 18.4 Å². The van der Waals surface area contributed by atoms with E-state index < -0.39 is 6.04 Å². The zero-order valence-corrected chi connectivity index (χ0v) is 13.6. The number of carbonyl (C=O) groups is 2. The molecular weight excluding hydrogens is 304 g/mol.